The second kappa shape index (κ2) is 11.6. The maximum Gasteiger partial charge on any atom is 0.417 e. The monoisotopic (exact) mass is 505 g/mol. The highest BCUT2D eigenvalue weighted by Gasteiger charge is 2.30. The Morgan fingerprint density at radius 1 is 1.08 bits per heavy atom. The molecular formula is C25H30F3N5O3. The van der Waals surface area contributed by atoms with E-state index < -0.39 is 17.5 Å². The molecule has 0 saturated carbocycles. The Morgan fingerprint density at radius 2 is 1.83 bits per heavy atom. The first kappa shape index (κ1) is 25.8. The molecule has 1 aliphatic heterocycles. The number of para-hydroxylation sites is 1. The van der Waals surface area contributed by atoms with Gasteiger partial charge in [-0.15, -0.1) is 0 Å². The van der Waals surface area contributed by atoms with Gasteiger partial charge in [-0.2, -0.15) is 13.2 Å². The number of oxazole rings is 1. The van der Waals surface area contributed by atoms with Crippen molar-refractivity contribution in [2.75, 3.05) is 50.8 Å². The summed E-state index contributed by atoms with van der Waals surface area (Å²) in [6, 6.07) is 10.7. The van der Waals surface area contributed by atoms with Crippen molar-refractivity contribution in [1.82, 2.24) is 9.88 Å². The number of benzene rings is 2. The second-order valence-electron chi connectivity index (χ2n) is 8.69. The number of rotatable bonds is 10. The van der Waals surface area contributed by atoms with E-state index >= 15 is 0 Å². The largest absolute Gasteiger partial charge is 0.417 e. The Morgan fingerprint density at radius 3 is 2.53 bits per heavy atom. The van der Waals surface area contributed by atoms with Crippen molar-refractivity contribution in [3.8, 4) is 0 Å². The lowest BCUT2D eigenvalue weighted by atomic mass is 10.0. The molecule has 8 nitrogen and oxygen atoms in total. The number of anilines is 1. The van der Waals surface area contributed by atoms with Gasteiger partial charge in [0.25, 0.3) is 0 Å². The van der Waals surface area contributed by atoms with E-state index in [1.807, 2.05) is 18.2 Å². The van der Waals surface area contributed by atoms with E-state index in [0.717, 1.165) is 63.4 Å². The summed E-state index contributed by atoms with van der Waals surface area (Å²) < 4.78 is 44.0. The zero-order chi connectivity index (χ0) is 25.5. The molecule has 194 valence electrons. The van der Waals surface area contributed by atoms with Crippen LogP contribution in [0.15, 0.2) is 56.8 Å². The Kier molecular flexibility index (Phi) is 8.32. The molecule has 2 aromatic carbocycles. The van der Waals surface area contributed by atoms with Crippen LogP contribution in [0.5, 0.6) is 0 Å². The van der Waals surface area contributed by atoms with Gasteiger partial charge in [0.1, 0.15) is 6.61 Å². The molecule has 0 amide bonds. The SMILES string of the molecule is NCCO/N=C(\CCCCN1CCN(c2cccc3[nH]c(=O)oc23)CC1)c1ccc(C(F)(F)F)cc1. The smallest absolute Gasteiger partial charge is 0.406 e. The number of nitrogens with two attached hydrogens (primary N) is 1. The number of aromatic nitrogens is 1. The van der Waals surface area contributed by atoms with Crippen molar-refractivity contribution in [3.63, 3.8) is 0 Å². The van der Waals surface area contributed by atoms with E-state index in [4.69, 9.17) is 15.0 Å². The third kappa shape index (κ3) is 6.46. The van der Waals surface area contributed by atoms with Gasteiger partial charge >= 0.3 is 11.9 Å². The molecule has 11 heteroatoms. The molecule has 1 fully saturated rings. The zero-order valence-electron chi connectivity index (χ0n) is 19.9. The fourth-order valence-corrected chi connectivity index (χ4v) is 4.32. The number of halogens is 3. The summed E-state index contributed by atoms with van der Waals surface area (Å²) in [6.07, 6.45) is -2.05. The predicted molar refractivity (Wildman–Crippen MR) is 132 cm³/mol. The third-order valence-corrected chi connectivity index (χ3v) is 6.21. The fourth-order valence-electron chi connectivity index (χ4n) is 4.32. The van der Waals surface area contributed by atoms with E-state index in [1.54, 1.807) is 0 Å². The second-order valence-corrected chi connectivity index (χ2v) is 8.69. The number of fused-ring (bicyclic) bond motifs is 1. The molecular weight excluding hydrogens is 475 g/mol. The van der Waals surface area contributed by atoms with Gasteiger partial charge in [-0.05, 0) is 55.6 Å². The average Bonchev–Trinajstić information content (AvgIpc) is 3.26. The quantitative estimate of drug-likeness (QED) is 0.247. The van der Waals surface area contributed by atoms with E-state index in [-0.39, 0.29) is 6.61 Å². The maximum absolute atomic E-state index is 12.9. The number of nitrogens with zero attached hydrogens (tertiary/aromatic N) is 3. The maximum atomic E-state index is 12.9. The van der Waals surface area contributed by atoms with Crippen LogP contribution in [0.3, 0.4) is 0 Å². The predicted octanol–water partition coefficient (Wildman–Crippen LogP) is 3.81. The summed E-state index contributed by atoms with van der Waals surface area (Å²) in [5.74, 6) is -0.455. The molecule has 1 aliphatic rings. The molecule has 0 unspecified atom stereocenters. The number of H-pyrrole nitrogens is 1. The molecule has 0 atom stereocenters. The standard InChI is InChI=1S/C25H30F3N5O3/c26-25(27,28)19-9-7-18(8-10-19)20(31-35-17-11-29)4-1-2-12-32-13-15-33(16-14-32)22-6-3-5-21-23(22)36-24(34)30-21/h3,5-10H,1-2,4,11-17,29H2,(H,30,34)/b31-20+. The number of piperazine rings is 1. The van der Waals surface area contributed by atoms with E-state index in [9.17, 15) is 18.0 Å². The van der Waals surface area contributed by atoms with Gasteiger partial charge < -0.3 is 19.9 Å². The van der Waals surface area contributed by atoms with Crippen LogP contribution in [0.4, 0.5) is 18.9 Å². The molecule has 3 aromatic rings. The highest BCUT2D eigenvalue weighted by Crippen LogP contribution is 2.29. The van der Waals surface area contributed by atoms with Crippen LogP contribution in [0.1, 0.15) is 30.4 Å². The molecule has 2 heterocycles. The van der Waals surface area contributed by atoms with Gasteiger partial charge in [-0.3, -0.25) is 9.88 Å². The number of hydrogen-bond acceptors (Lipinski definition) is 7. The zero-order valence-corrected chi connectivity index (χ0v) is 19.9. The summed E-state index contributed by atoms with van der Waals surface area (Å²) in [7, 11) is 0. The third-order valence-electron chi connectivity index (χ3n) is 6.21. The van der Waals surface area contributed by atoms with Crippen LogP contribution in [0.25, 0.3) is 11.1 Å². The molecule has 1 aromatic heterocycles. The number of oxime groups is 1. The van der Waals surface area contributed by atoms with Crippen molar-refractivity contribution < 1.29 is 22.4 Å². The molecule has 0 bridgehead atoms. The number of alkyl halides is 3. The lowest BCUT2D eigenvalue weighted by Gasteiger charge is -2.36. The summed E-state index contributed by atoms with van der Waals surface area (Å²) in [5.41, 5.74) is 8.18. The molecule has 1 saturated heterocycles. The molecule has 4 rings (SSSR count). The van der Waals surface area contributed by atoms with Crippen molar-refractivity contribution in [2.24, 2.45) is 10.9 Å². The number of hydrogen-bond donors (Lipinski definition) is 2. The van der Waals surface area contributed by atoms with Gasteiger partial charge in [0.05, 0.1) is 22.5 Å². The van der Waals surface area contributed by atoms with Crippen LogP contribution in [0.2, 0.25) is 0 Å². The minimum atomic E-state index is -4.38. The minimum Gasteiger partial charge on any atom is -0.406 e. The van der Waals surface area contributed by atoms with Gasteiger partial charge in [-0.1, -0.05) is 23.4 Å². The van der Waals surface area contributed by atoms with Crippen LogP contribution >= 0.6 is 0 Å². The highest BCUT2D eigenvalue weighted by atomic mass is 19.4. The van der Waals surface area contributed by atoms with E-state index in [2.05, 4.69) is 19.9 Å². The number of nitrogens with one attached hydrogen (secondary N) is 1. The Hall–Kier alpha value is -3.31. The lowest BCUT2D eigenvalue weighted by molar-refractivity contribution is -0.137. The van der Waals surface area contributed by atoms with Crippen molar-refractivity contribution in [3.05, 3.63) is 64.1 Å². The molecule has 0 aliphatic carbocycles. The fraction of sp³-hybridized carbons (Fsp3) is 0.440. The first-order valence-corrected chi connectivity index (χ1v) is 12.0. The summed E-state index contributed by atoms with van der Waals surface area (Å²) in [5, 5.41) is 4.13. The number of aromatic amines is 1. The minimum absolute atomic E-state index is 0.244. The van der Waals surface area contributed by atoms with Gasteiger partial charge in [-0.25, -0.2) is 4.79 Å². The first-order valence-electron chi connectivity index (χ1n) is 12.0. The van der Waals surface area contributed by atoms with Crippen molar-refractivity contribution in [1.29, 1.82) is 0 Å². The lowest BCUT2D eigenvalue weighted by Crippen LogP contribution is -2.46. The van der Waals surface area contributed by atoms with Gasteiger partial charge in [0.2, 0.25) is 0 Å². The average molecular weight is 506 g/mol. The molecule has 36 heavy (non-hydrogen) atoms. The first-order chi connectivity index (χ1) is 17.3. The Balaban J connectivity index is 1.27. The van der Waals surface area contributed by atoms with Crippen molar-refractivity contribution >= 4 is 22.5 Å². The Labute approximate surface area is 206 Å². The van der Waals surface area contributed by atoms with Crippen molar-refractivity contribution in [2.45, 2.75) is 25.4 Å². The topological polar surface area (TPSA) is 100 Å². The Bertz CT molecular complexity index is 1210. The van der Waals surface area contributed by atoms with Crippen LogP contribution in [0, 0.1) is 0 Å². The summed E-state index contributed by atoms with van der Waals surface area (Å²) in [6.45, 7) is 4.85. The molecule has 3 N–H and O–H groups in total. The highest BCUT2D eigenvalue weighted by molar-refractivity contribution is 6.00. The van der Waals surface area contributed by atoms with Crippen LogP contribution in [-0.2, 0) is 11.0 Å². The summed E-state index contributed by atoms with van der Waals surface area (Å²) >= 11 is 0. The van der Waals surface area contributed by atoms with E-state index in [1.165, 1.54) is 12.1 Å². The van der Waals surface area contributed by atoms with Crippen LogP contribution < -0.4 is 16.4 Å². The van der Waals surface area contributed by atoms with E-state index in [0.29, 0.717) is 35.3 Å². The number of unbranched alkanes of at least 4 members (excludes halogenated alkanes) is 1. The van der Waals surface area contributed by atoms with Crippen LogP contribution in [-0.4, -0.2) is 61.5 Å². The summed E-state index contributed by atoms with van der Waals surface area (Å²) in [4.78, 5) is 24.1. The molecule has 0 radical (unpaired) electrons. The van der Waals surface area contributed by atoms with Gasteiger partial charge in [0, 0.05) is 32.7 Å². The van der Waals surface area contributed by atoms with Gasteiger partial charge in [0.15, 0.2) is 5.58 Å². The molecule has 0 spiro atoms. The normalized spacial score (nSPS) is 15.6.